The van der Waals surface area contributed by atoms with E-state index in [-0.39, 0.29) is 0 Å². The molecule has 0 bridgehead atoms. The Labute approximate surface area is 135 Å². The van der Waals surface area contributed by atoms with Gasteiger partial charge in [-0.3, -0.25) is 14.3 Å². The molecule has 2 saturated heterocycles. The van der Waals surface area contributed by atoms with Gasteiger partial charge in [0.25, 0.3) is 5.56 Å². The number of nitrogens with one attached hydrogen (secondary N) is 1. The predicted molar refractivity (Wildman–Crippen MR) is 76.7 cm³/mol. The minimum atomic E-state index is -1.24. The number of H-pyrrole nitrogens is 1. The number of ether oxygens (including phenoxy) is 3. The molecule has 0 saturated carbocycles. The molecule has 0 radical (unpaired) electrons. The summed E-state index contributed by atoms with van der Waals surface area (Å²) < 4.78 is 30.9. The van der Waals surface area contributed by atoms with Gasteiger partial charge in [0.2, 0.25) is 5.82 Å². The minimum absolute atomic E-state index is 0.510. The number of hydrogen-bond donors (Lipinski definition) is 3. The van der Waals surface area contributed by atoms with Gasteiger partial charge in [-0.25, -0.2) is 4.79 Å². The fraction of sp³-hybridized carbons (Fsp3) is 0.714. The van der Waals surface area contributed by atoms with Gasteiger partial charge < -0.3 is 24.4 Å². The van der Waals surface area contributed by atoms with E-state index in [0.29, 0.717) is 19.2 Å². The molecule has 3 unspecified atom stereocenters. The second-order valence-electron chi connectivity index (χ2n) is 5.78. The van der Waals surface area contributed by atoms with Gasteiger partial charge in [-0.1, -0.05) is 0 Å². The topological polar surface area (TPSA) is 123 Å². The van der Waals surface area contributed by atoms with Crippen LogP contribution in [0.25, 0.3) is 0 Å². The fourth-order valence-electron chi connectivity index (χ4n) is 2.88. The molecule has 0 spiro atoms. The quantitative estimate of drug-likeness (QED) is 0.628. The second kappa shape index (κ2) is 7.11. The third-order valence-corrected chi connectivity index (χ3v) is 4.14. The van der Waals surface area contributed by atoms with Crippen molar-refractivity contribution in [2.24, 2.45) is 0 Å². The summed E-state index contributed by atoms with van der Waals surface area (Å²) in [4.78, 5) is 24.9. The van der Waals surface area contributed by atoms with Crippen molar-refractivity contribution >= 4 is 0 Å². The highest BCUT2D eigenvalue weighted by molar-refractivity contribution is 4.95. The van der Waals surface area contributed by atoms with Crippen molar-refractivity contribution in [2.45, 2.75) is 50.1 Å². The van der Waals surface area contributed by atoms with E-state index in [0.717, 1.165) is 17.4 Å². The van der Waals surface area contributed by atoms with E-state index in [2.05, 4.69) is 0 Å². The lowest BCUT2D eigenvalue weighted by Crippen LogP contribution is -2.42. The van der Waals surface area contributed by atoms with E-state index in [1.165, 1.54) is 0 Å². The molecule has 0 aliphatic carbocycles. The first-order valence-corrected chi connectivity index (χ1v) is 7.73. The molecule has 2 aliphatic rings. The Morgan fingerprint density at radius 2 is 2.21 bits per heavy atom. The Morgan fingerprint density at radius 1 is 1.42 bits per heavy atom. The van der Waals surface area contributed by atoms with Crippen molar-refractivity contribution in [3.63, 3.8) is 0 Å². The van der Waals surface area contributed by atoms with Crippen LogP contribution in [0.5, 0.6) is 0 Å². The molecule has 3 N–H and O–H groups in total. The van der Waals surface area contributed by atoms with Crippen molar-refractivity contribution in [3.05, 3.63) is 32.9 Å². The number of hydrogen-bond acceptors (Lipinski definition) is 7. The van der Waals surface area contributed by atoms with Crippen LogP contribution in [0, 0.1) is 5.82 Å². The zero-order valence-electron chi connectivity index (χ0n) is 12.8. The van der Waals surface area contributed by atoms with Crippen LogP contribution in [0.2, 0.25) is 0 Å². The van der Waals surface area contributed by atoms with Gasteiger partial charge in [0.05, 0.1) is 12.8 Å². The summed E-state index contributed by atoms with van der Waals surface area (Å²) in [6, 6.07) is 0. The number of nitrogens with zero attached hydrogens (tertiary/aromatic N) is 1. The molecule has 9 nitrogen and oxygen atoms in total. The van der Waals surface area contributed by atoms with E-state index in [4.69, 9.17) is 14.2 Å². The summed E-state index contributed by atoms with van der Waals surface area (Å²) >= 11 is 0. The van der Waals surface area contributed by atoms with Crippen molar-refractivity contribution < 1.29 is 28.8 Å². The SMILES string of the molecule is O=c1[nH]c(=O)n([C@H]2O[C@@H](CO)C(O)C2OC2CCCCO2)cc1F. The van der Waals surface area contributed by atoms with E-state index in [1.807, 2.05) is 4.98 Å². The van der Waals surface area contributed by atoms with E-state index < -0.39 is 54.5 Å². The number of halogens is 1. The van der Waals surface area contributed by atoms with E-state index in [1.54, 1.807) is 0 Å². The van der Waals surface area contributed by atoms with Crippen LogP contribution in [0.3, 0.4) is 0 Å². The lowest BCUT2D eigenvalue weighted by atomic mass is 10.1. The second-order valence-corrected chi connectivity index (χ2v) is 5.78. The van der Waals surface area contributed by atoms with Crippen LogP contribution in [0.1, 0.15) is 25.5 Å². The Kier molecular flexibility index (Phi) is 5.11. The molecule has 24 heavy (non-hydrogen) atoms. The lowest BCUT2D eigenvalue weighted by molar-refractivity contribution is -0.215. The lowest BCUT2D eigenvalue weighted by Gasteiger charge is -2.29. The fourth-order valence-corrected chi connectivity index (χ4v) is 2.88. The molecule has 5 atom stereocenters. The largest absolute Gasteiger partial charge is 0.394 e. The van der Waals surface area contributed by atoms with Gasteiger partial charge in [0.15, 0.2) is 12.5 Å². The first kappa shape index (κ1) is 17.2. The number of rotatable bonds is 4. The molecule has 0 amide bonds. The van der Waals surface area contributed by atoms with Gasteiger partial charge in [-0.15, -0.1) is 0 Å². The molecule has 1 aromatic heterocycles. The first-order chi connectivity index (χ1) is 11.5. The molecule has 10 heteroatoms. The molecular weight excluding hydrogens is 327 g/mol. The van der Waals surface area contributed by atoms with Gasteiger partial charge in [-0.05, 0) is 19.3 Å². The first-order valence-electron chi connectivity index (χ1n) is 7.73. The van der Waals surface area contributed by atoms with Gasteiger partial charge in [-0.2, -0.15) is 4.39 Å². The van der Waals surface area contributed by atoms with Crippen molar-refractivity contribution in [1.29, 1.82) is 0 Å². The van der Waals surface area contributed by atoms with Gasteiger partial charge >= 0.3 is 5.69 Å². The average molecular weight is 346 g/mol. The van der Waals surface area contributed by atoms with Crippen LogP contribution < -0.4 is 11.2 Å². The highest BCUT2D eigenvalue weighted by Crippen LogP contribution is 2.32. The zero-order valence-corrected chi connectivity index (χ0v) is 12.8. The molecule has 1 aromatic rings. The number of aliphatic hydroxyl groups excluding tert-OH is 2. The van der Waals surface area contributed by atoms with E-state index >= 15 is 0 Å². The molecule has 2 aliphatic heterocycles. The van der Waals surface area contributed by atoms with Crippen LogP contribution in [-0.2, 0) is 14.2 Å². The Bertz CT molecular complexity index is 684. The zero-order chi connectivity index (χ0) is 17.3. The highest BCUT2D eigenvalue weighted by atomic mass is 19.1. The summed E-state index contributed by atoms with van der Waals surface area (Å²) in [6.45, 7) is -0.000691. The third-order valence-electron chi connectivity index (χ3n) is 4.14. The summed E-state index contributed by atoms with van der Waals surface area (Å²) in [5.41, 5.74) is -2.06. The van der Waals surface area contributed by atoms with Crippen LogP contribution in [0.4, 0.5) is 4.39 Å². The van der Waals surface area contributed by atoms with Crippen molar-refractivity contribution in [2.75, 3.05) is 13.2 Å². The molecule has 2 fully saturated rings. The van der Waals surface area contributed by atoms with E-state index in [9.17, 15) is 24.2 Å². The number of aromatic amines is 1. The maximum absolute atomic E-state index is 13.5. The van der Waals surface area contributed by atoms with Crippen LogP contribution in [0.15, 0.2) is 15.8 Å². The summed E-state index contributed by atoms with van der Waals surface area (Å²) in [5.74, 6) is -1.17. The maximum Gasteiger partial charge on any atom is 0.330 e. The molecule has 3 rings (SSSR count). The molecule has 134 valence electrons. The summed E-state index contributed by atoms with van der Waals surface area (Å²) in [7, 11) is 0. The normalized spacial score (nSPS) is 33.7. The van der Waals surface area contributed by atoms with Gasteiger partial charge in [0, 0.05) is 6.61 Å². The Hall–Kier alpha value is -1.59. The number of aliphatic hydroxyl groups is 2. The van der Waals surface area contributed by atoms with Gasteiger partial charge in [0.1, 0.15) is 18.3 Å². The highest BCUT2D eigenvalue weighted by Gasteiger charge is 2.47. The van der Waals surface area contributed by atoms with Crippen molar-refractivity contribution in [3.8, 4) is 0 Å². The van der Waals surface area contributed by atoms with Crippen LogP contribution in [-0.4, -0.2) is 57.6 Å². The summed E-state index contributed by atoms with van der Waals surface area (Å²) in [5, 5.41) is 19.6. The molecule has 0 aromatic carbocycles. The Balaban J connectivity index is 1.89. The average Bonchev–Trinajstić information content (AvgIpc) is 2.88. The standard InChI is InChI=1S/C14H19FN2O7/c15-7-5-17(14(21)16-12(7)20)13-11(10(19)8(6-18)23-13)24-9-3-1-2-4-22-9/h5,8-11,13,18-19H,1-4,6H2,(H,16,20,21)/t8-,9?,10?,11?,13-/m0/s1. The third kappa shape index (κ3) is 3.28. The molecule has 3 heterocycles. The Morgan fingerprint density at radius 3 is 2.88 bits per heavy atom. The number of aromatic nitrogens is 2. The van der Waals surface area contributed by atoms with Crippen molar-refractivity contribution in [1.82, 2.24) is 9.55 Å². The maximum atomic E-state index is 13.5. The predicted octanol–water partition coefficient (Wildman–Crippen LogP) is -1.16. The monoisotopic (exact) mass is 346 g/mol. The van der Waals surface area contributed by atoms with Crippen LogP contribution >= 0.6 is 0 Å². The summed E-state index contributed by atoms with van der Waals surface area (Å²) in [6.07, 6.45) is -2.03. The molecular formula is C14H19FN2O7. The smallest absolute Gasteiger partial charge is 0.330 e. The minimum Gasteiger partial charge on any atom is -0.394 e.